The molecule has 0 aliphatic rings. The lowest BCUT2D eigenvalue weighted by Gasteiger charge is -2.10. The van der Waals surface area contributed by atoms with Crippen LogP contribution in [-0.2, 0) is 13.0 Å². The molecule has 0 aliphatic heterocycles. The second-order valence-corrected chi connectivity index (χ2v) is 10.5. The molecule has 0 saturated carbocycles. The van der Waals surface area contributed by atoms with E-state index in [2.05, 4.69) is 31.1 Å². The summed E-state index contributed by atoms with van der Waals surface area (Å²) in [7, 11) is 0. The van der Waals surface area contributed by atoms with Crippen LogP contribution in [-0.4, -0.2) is 32.2 Å². The zero-order valence-corrected chi connectivity index (χ0v) is 24.5. The van der Waals surface area contributed by atoms with Crippen LogP contribution in [0.25, 0.3) is 11.1 Å². The number of hydrogen-bond acceptors (Lipinski definition) is 9. The number of anilines is 5. The maximum atomic E-state index is 13.0. The Bertz CT molecular complexity index is 1990. The Morgan fingerprint density at radius 2 is 1.52 bits per heavy atom. The average molecular weight is 612 g/mol. The van der Waals surface area contributed by atoms with Crippen LogP contribution in [0.1, 0.15) is 37.7 Å². The zero-order chi connectivity index (χ0) is 31.9. The Hall–Kier alpha value is -6.49. The van der Waals surface area contributed by atoms with Crippen LogP contribution < -0.4 is 21.7 Å². The van der Waals surface area contributed by atoms with Gasteiger partial charge in [0.2, 0.25) is 5.89 Å². The average Bonchev–Trinajstić information content (AvgIpc) is 3.50. The highest BCUT2D eigenvalue weighted by atomic mass is 16.4. The van der Waals surface area contributed by atoms with Crippen molar-refractivity contribution < 1.29 is 19.1 Å². The molecule has 6 N–H and O–H groups in total. The second-order valence-electron chi connectivity index (χ2n) is 10.5. The van der Waals surface area contributed by atoms with Crippen molar-refractivity contribution in [2.45, 2.75) is 13.0 Å². The molecule has 0 unspecified atom stereocenters. The number of carboxylic acids is 1. The summed E-state index contributed by atoms with van der Waals surface area (Å²) in [4.78, 5) is 28.2. The van der Waals surface area contributed by atoms with Crippen molar-refractivity contribution in [3.8, 4) is 11.1 Å². The number of pyridine rings is 1. The molecule has 4 aromatic carbocycles. The predicted octanol–water partition coefficient (Wildman–Crippen LogP) is 6.61. The van der Waals surface area contributed by atoms with Gasteiger partial charge in [-0.2, -0.15) is 0 Å². The van der Waals surface area contributed by atoms with Crippen LogP contribution in [0.2, 0.25) is 0 Å². The van der Waals surface area contributed by atoms with E-state index in [1.54, 1.807) is 36.5 Å². The maximum absolute atomic E-state index is 13.0. The van der Waals surface area contributed by atoms with Gasteiger partial charge in [0.05, 0.1) is 12.0 Å². The number of nitrogens with one attached hydrogen (secondary N) is 3. The Morgan fingerprint density at radius 3 is 2.30 bits per heavy atom. The molecule has 0 spiro atoms. The van der Waals surface area contributed by atoms with E-state index in [4.69, 9.17) is 10.2 Å². The number of carboxylic acid groups (broad SMARTS) is 1. The molecule has 0 radical (unpaired) electrons. The number of nitrogens with zero attached hydrogens (tertiary/aromatic N) is 3. The quantitative estimate of drug-likeness (QED) is 0.101. The number of carbonyl (C=O) groups is 2. The highest BCUT2D eigenvalue weighted by Gasteiger charge is 2.11. The van der Waals surface area contributed by atoms with Crippen molar-refractivity contribution >= 4 is 40.6 Å². The van der Waals surface area contributed by atoms with Crippen molar-refractivity contribution in [2.75, 3.05) is 21.7 Å². The first-order valence-electron chi connectivity index (χ1n) is 14.3. The van der Waals surface area contributed by atoms with E-state index in [0.717, 1.165) is 33.6 Å². The monoisotopic (exact) mass is 611 g/mol. The van der Waals surface area contributed by atoms with Crippen molar-refractivity contribution in [1.29, 1.82) is 0 Å². The van der Waals surface area contributed by atoms with E-state index >= 15 is 0 Å². The molecule has 0 atom stereocenters. The molecule has 0 bridgehead atoms. The minimum absolute atomic E-state index is 0.143. The molecular weight excluding hydrogens is 582 g/mol. The van der Waals surface area contributed by atoms with Gasteiger partial charge in [0.25, 0.3) is 5.91 Å². The number of carbonyl (C=O) groups excluding carboxylic acids is 1. The van der Waals surface area contributed by atoms with Gasteiger partial charge in [-0.05, 0) is 77.4 Å². The van der Waals surface area contributed by atoms with Gasteiger partial charge in [-0.3, -0.25) is 9.78 Å². The van der Waals surface area contributed by atoms with Gasteiger partial charge < -0.3 is 31.2 Å². The molecule has 0 fully saturated rings. The third-order valence-corrected chi connectivity index (χ3v) is 7.06. The van der Waals surface area contributed by atoms with E-state index in [0.29, 0.717) is 35.8 Å². The van der Waals surface area contributed by atoms with Crippen LogP contribution >= 0.6 is 0 Å². The van der Waals surface area contributed by atoms with Gasteiger partial charge in [0, 0.05) is 52.8 Å². The summed E-state index contributed by atoms with van der Waals surface area (Å²) in [6.45, 7) is 0.561. The summed E-state index contributed by atoms with van der Waals surface area (Å²) in [6, 6.07) is 31.6. The highest BCUT2D eigenvalue weighted by molar-refractivity contribution is 6.04. The van der Waals surface area contributed by atoms with E-state index in [1.807, 2.05) is 72.8 Å². The van der Waals surface area contributed by atoms with Crippen LogP contribution in [0.3, 0.4) is 0 Å². The molecule has 11 heteroatoms. The minimum atomic E-state index is -1.01. The Labute approximate surface area is 264 Å². The van der Waals surface area contributed by atoms with E-state index in [-0.39, 0.29) is 17.5 Å². The third-order valence-electron chi connectivity index (χ3n) is 7.06. The number of aromatic carboxylic acids is 1. The molecule has 2 aromatic heterocycles. The van der Waals surface area contributed by atoms with Gasteiger partial charge in [0.1, 0.15) is 0 Å². The normalized spacial score (nSPS) is 10.7. The van der Waals surface area contributed by atoms with Gasteiger partial charge >= 0.3 is 12.0 Å². The fourth-order valence-corrected chi connectivity index (χ4v) is 4.73. The standard InChI is InChI=1S/C35H29N7O4/c36-28-4-2-6-31(18-28)40-35-42-41-32(46-35)16-23-3-1-5-30(15-23)39-33(43)25-9-7-22(8-10-25)19-38-29-13-11-24(12-14-29)26-17-27(34(44)45)21-37-20-26/h1-15,17-18,20-21,38H,16,19,36H2,(H,39,43)(H,40,42)(H,44,45). The Balaban J connectivity index is 1.01. The molecule has 46 heavy (non-hydrogen) atoms. The van der Waals surface area contributed by atoms with E-state index in [9.17, 15) is 14.7 Å². The van der Waals surface area contributed by atoms with Crippen LogP contribution in [0.5, 0.6) is 0 Å². The van der Waals surface area contributed by atoms with Crippen molar-refractivity contribution in [2.24, 2.45) is 0 Å². The predicted molar refractivity (Wildman–Crippen MR) is 176 cm³/mol. The van der Waals surface area contributed by atoms with Crippen LogP contribution in [0.15, 0.2) is 120 Å². The first-order chi connectivity index (χ1) is 22.4. The number of hydrogen-bond donors (Lipinski definition) is 5. The lowest BCUT2D eigenvalue weighted by molar-refractivity contribution is 0.0696. The number of nitrogen functional groups attached to an aromatic ring is 1. The molecule has 11 nitrogen and oxygen atoms in total. The second kappa shape index (κ2) is 13.4. The summed E-state index contributed by atoms with van der Waals surface area (Å²) in [5.41, 5.74) is 12.9. The molecule has 6 rings (SSSR count). The highest BCUT2D eigenvalue weighted by Crippen LogP contribution is 2.23. The van der Waals surface area contributed by atoms with E-state index < -0.39 is 5.97 Å². The molecule has 1 amide bonds. The lowest BCUT2D eigenvalue weighted by Crippen LogP contribution is -2.12. The summed E-state index contributed by atoms with van der Waals surface area (Å²) < 4.78 is 5.73. The van der Waals surface area contributed by atoms with Crippen molar-refractivity contribution in [3.05, 3.63) is 144 Å². The Morgan fingerprint density at radius 1 is 0.739 bits per heavy atom. The Kier molecular flexibility index (Phi) is 8.64. The summed E-state index contributed by atoms with van der Waals surface area (Å²) >= 11 is 0. The SMILES string of the molecule is Nc1cccc(Nc2nnc(Cc3cccc(NC(=O)c4ccc(CNc5ccc(-c6cncc(C(=O)O)c6)cc5)cc4)c3)o2)c1. The summed E-state index contributed by atoms with van der Waals surface area (Å²) in [6.07, 6.45) is 3.36. The third kappa shape index (κ3) is 7.53. The molecule has 228 valence electrons. The maximum Gasteiger partial charge on any atom is 0.337 e. The molecule has 0 saturated heterocycles. The van der Waals surface area contributed by atoms with Gasteiger partial charge in [-0.1, -0.05) is 47.6 Å². The number of amides is 1. The molecular formula is C35H29N7O4. The van der Waals surface area contributed by atoms with Crippen molar-refractivity contribution in [1.82, 2.24) is 15.2 Å². The largest absolute Gasteiger partial charge is 0.478 e. The van der Waals surface area contributed by atoms with Gasteiger partial charge in [-0.25, -0.2) is 4.79 Å². The smallest absolute Gasteiger partial charge is 0.337 e. The fourth-order valence-electron chi connectivity index (χ4n) is 4.73. The number of aromatic nitrogens is 3. The molecule has 0 aliphatic carbocycles. The fraction of sp³-hybridized carbons (Fsp3) is 0.0571. The number of benzene rings is 4. The summed E-state index contributed by atoms with van der Waals surface area (Å²) in [5, 5.41) is 26.7. The number of nitrogens with two attached hydrogens (primary N) is 1. The summed E-state index contributed by atoms with van der Waals surface area (Å²) in [5.74, 6) is -0.806. The zero-order valence-electron chi connectivity index (χ0n) is 24.5. The first kappa shape index (κ1) is 29.6. The van der Waals surface area contributed by atoms with Gasteiger partial charge in [-0.15, -0.1) is 5.10 Å². The van der Waals surface area contributed by atoms with Gasteiger partial charge in [0.15, 0.2) is 0 Å². The molecule has 2 heterocycles. The topological polar surface area (TPSA) is 168 Å². The lowest BCUT2D eigenvalue weighted by atomic mass is 10.1. The van der Waals surface area contributed by atoms with E-state index in [1.165, 1.54) is 6.20 Å². The van der Waals surface area contributed by atoms with Crippen LogP contribution in [0.4, 0.5) is 28.8 Å². The first-order valence-corrected chi connectivity index (χ1v) is 14.3. The number of rotatable bonds is 11. The van der Waals surface area contributed by atoms with Crippen molar-refractivity contribution in [3.63, 3.8) is 0 Å². The minimum Gasteiger partial charge on any atom is -0.478 e. The molecule has 6 aromatic rings. The van der Waals surface area contributed by atoms with Crippen LogP contribution in [0, 0.1) is 0 Å².